The van der Waals surface area contributed by atoms with Gasteiger partial charge in [-0.2, -0.15) is 11.8 Å². The molecule has 0 radical (unpaired) electrons. The molecule has 2 N–H and O–H groups in total. The van der Waals surface area contributed by atoms with Gasteiger partial charge in [-0.15, -0.1) is 0 Å². The monoisotopic (exact) mass is 298 g/mol. The van der Waals surface area contributed by atoms with Gasteiger partial charge >= 0.3 is 0 Å². The first kappa shape index (κ1) is 15.1. The molecule has 0 atom stereocenters. The van der Waals surface area contributed by atoms with Crippen LogP contribution in [0.1, 0.15) is 10.4 Å². The first-order chi connectivity index (χ1) is 9.70. The fourth-order valence-corrected chi connectivity index (χ4v) is 3.04. The van der Waals surface area contributed by atoms with Crippen LogP contribution in [0.4, 0.5) is 10.2 Å². The van der Waals surface area contributed by atoms with Crippen molar-refractivity contribution in [2.75, 3.05) is 50.0 Å². The van der Waals surface area contributed by atoms with Crippen LogP contribution in [0.3, 0.4) is 0 Å². The number of carbonyl (C=O) groups excluding carboxylic acids is 1. The molecular weight excluding hydrogens is 279 g/mol. The Kier molecular flexibility index (Phi) is 5.60. The zero-order chi connectivity index (χ0) is 14.4. The molecule has 7 heteroatoms. The second-order valence-electron chi connectivity index (χ2n) is 4.51. The number of nitrogens with zero attached hydrogens (tertiary/aromatic N) is 2. The van der Waals surface area contributed by atoms with Gasteiger partial charge in [-0.05, 0) is 6.07 Å². The average Bonchev–Trinajstić information content (AvgIpc) is 2.48. The van der Waals surface area contributed by atoms with Crippen LogP contribution in [0.2, 0.25) is 0 Å². The Hall–Kier alpha value is -1.34. The summed E-state index contributed by atoms with van der Waals surface area (Å²) in [5.41, 5.74) is 0.238. The molecule has 1 saturated heterocycles. The summed E-state index contributed by atoms with van der Waals surface area (Å²) in [4.78, 5) is 18.2. The van der Waals surface area contributed by atoms with Crippen molar-refractivity contribution in [2.45, 2.75) is 0 Å². The second-order valence-corrected chi connectivity index (χ2v) is 5.73. The molecule has 1 aromatic rings. The van der Waals surface area contributed by atoms with Crippen LogP contribution in [0.15, 0.2) is 12.3 Å². The van der Waals surface area contributed by atoms with Gasteiger partial charge < -0.3 is 10.6 Å². The van der Waals surface area contributed by atoms with Gasteiger partial charge in [0, 0.05) is 44.7 Å². The number of amides is 1. The maximum atomic E-state index is 13.2. The van der Waals surface area contributed by atoms with Gasteiger partial charge in [0.05, 0.1) is 11.8 Å². The van der Waals surface area contributed by atoms with E-state index in [-0.39, 0.29) is 11.5 Å². The quantitative estimate of drug-likeness (QED) is 0.851. The summed E-state index contributed by atoms with van der Waals surface area (Å²) in [7, 11) is 1.66. The predicted octanol–water partition coefficient (Wildman–Crippen LogP) is 1.04. The molecule has 1 fully saturated rings. The Morgan fingerprint density at radius 3 is 2.95 bits per heavy atom. The van der Waals surface area contributed by atoms with E-state index in [1.165, 1.54) is 6.07 Å². The summed E-state index contributed by atoms with van der Waals surface area (Å²) in [6.45, 7) is 3.50. The molecule has 0 unspecified atom stereocenters. The number of pyridine rings is 1. The largest absolute Gasteiger partial charge is 0.372 e. The molecule has 2 heterocycles. The van der Waals surface area contributed by atoms with Crippen LogP contribution < -0.4 is 10.6 Å². The fraction of sp³-hybridized carbons (Fsp3) is 0.538. The lowest BCUT2D eigenvalue weighted by Gasteiger charge is -2.26. The number of hydrogen-bond donors (Lipinski definition) is 2. The molecule has 110 valence electrons. The molecule has 0 aliphatic carbocycles. The van der Waals surface area contributed by atoms with E-state index in [9.17, 15) is 9.18 Å². The SMILES string of the molecule is CNc1ncc(F)cc1C(=O)NCCN1CCSCC1. The topological polar surface area (TPSA) is 57.3 Å². The molecule has 0 aromatic carbocycles. The molecule has 0 bridgehead atoms. The summed E-state index contributed by atoms with van der Waals surface area (Å²) in [5, 5.41) is 5.61. The molecule has 0 spiro atoms. The van der Waals surface area contributed by atoms with E-state index in [2.05, 4.69) is 20.5 Å². The molecule has 1 aromatic heterocycles. The molecule has 1 aliphatic heterocycles. The first-order valence-electron chi connectivity index (χ1n) is 6.62. The lowest BCUT2D eigenvalue weighted by atomic mass is 10.2. The third kappa shape index (κ3) is 4.08. The van der Waals surface area contributed by atoms with Gasteiger partial charge in [0.2, 0.25) is 0 Å². The maximum absolute atomic E-state index is 13.2. The van der Waals surface area contributed by atoms with E-state index in [1.807, 2.05) is 11.8 Å². The van der Waals surface area contributed by atoms with Gasteiger partial charge in [0.1, 0.15) is 11.6 Å². The Bertz CT molecular complexity index is 466. The normalized spacial score (nSPS) is 15.9. The highest BCUT2D eigenvalue weighted by molar-refractivity contribution is 7.99. The Balaban J connectivity index is 1.86. The lowest BCUT2D eigenvalue weighted by molar-refractivity contribution is 0.0949. The third-order valence-corrected chi connectivity index (χ3v) is 4.10. The van der Waals surface area contributed by atoms with Crippen molar-refractivity contribution in [3.63, 3.8) is 0 Å². The first-order valence-corrected chi connectivity index (χ1v) is 7.78. The number of carbonyl (C=O) groups is 1. The molecule has 2 rings (SSSR count). The zero-order valence-electron chi connectivity index (χ0n) is 11.5. The Labute approximate surface area is 122 Å². The maximum Gasteiger partial charge on any atom is 0.255 e. The van der Waals surface area contributed by atoms with E-state index in [1.54, 1.807) is 7.05 Å². The minimum Gasteiger partial charge on any atom is -0.372 e. The zero-order valence-corrected chi connectivity index (χ0v) is 12.3. The van der Waals surface area contributed by atoms with Crippen molar-refractivity contribution in [3.8, 4) is 0 Å². The van der Waals surface area contributed by atoms with Crippen molar-refractivity contribution in [1.82, 2.24) is 15.2 Å². The fourth-order valence-electron chi connectivity index (χ4n) is 2.06. The van der Waals surface area contributed by atoms with Gasteiger partial charge in [-0.25, -0.2) is 9.37 Å². The summed E-state index contributed by atoms with van der Waals surface area (Å²) < 4.78 is 13.2. The number of anilines is 1. The molecule has 1 amide bonds. The summed E-state index contributed by atoms with van der Waals surface area (Å²) >= 11 is 1.95. The molecule has 5 nitrogen and oxygen atoms in total. The standard InChI is InChI=1S/C13H19FN4OS/c1-15-12-11(8-10(14)9-17-12)13(19)16-2-3-18-4-6-20-7-5-18/h8-9H,2-7H2,1H3,(H,15,17)(H,16,19). The number of rotatable bonds is 5. The highest BCUT2D eigenvalue weighted by atomic mass is 32.2. The number of thioether (sulfide) groups is 1. The van der Waals surface area contributed by atoms with Crippen LogP contribution >= 0.6 is 11.8 Å². The van der Waals surface area contributed by atoms with Crippen LogP contribution in [-0.2, 0) is 0 Å². The second kappa shape index (κ2) is 7.44. The number of halogens is 1. The number of aromatic nitrogens is 1. The molecule has 0 saturated carbocycles. The van der Waals surface area contributed by atoms with E-state index in [0.29, 0.717) is 12.4 Å². The minimum absolute atomic E-state index is 0.238. The smallest absolute Gasteiger partial charge is 0.255 e. The van der Waals surface area contributed by atoms with E-state index < -0.39 is 5.82 Å². The lowest BCUT2D eigenvalue weighted by Crippen LogP contribution is -2.39. The van der Waals surface area contributed by atoms with Crippen molar-refractivity contribution in [3.05, 3.63) is 23.6 Å². The average molecular weight is 298 g/mol. The van der Waals surface area contributed by atoms with Gasteiger partial charge in [-0.1, -0.05) is 0 Å². The molecule has 1 aliphatic rings. The third-order valence-electron chi connectivity index (χ3n) is 3.15. The predicted molar refractivity (Wildman–Crippen MR) is 79.8 cm³/mol. The Morgan fingerprint density at radius 1 is 1.50 bits per heavy atom. The van der Waals surface area contributed by atoms with Crippen LogP contribution in [0.25, 0.3) is 0 Å². The van der Waals surface area contributed by atoms with Crippen molar-refractivity contribution in [2.24, 2.45) is 0 Å². The van der Waals surface area contributed by atoms with Gasteiger partial charge in [0.15, 0.2) is 0 Å². The van der Waals surface area contributed by atoms with Gasteiger partial charge in [0.25, 0.3) is 5.91 Å². The van der Waals surface area contributed by atoms with Crippen molar-refractivity contribution in [1.29, 1.82) is 0 Å². The van der Waals surface area contributed by atoms with E-state index >= 15 is 0 Å². The highest BCUT2D eigenvalue weighted by Gasteiger charge is 2.14. The van der Waals surface area contributed by atoms with E-state index in [4.69, 9.17) is 0 Å². The van der Waals surface area contributed by atoms with Gasteiger partial charge in [-0.3, -0.25) is 9.69 Å². The van der Waals surface area contributed by atoms with Crippen molar-refractivity contribution >= 4 is 23.5 Å². The minimum atomic E-state index is -0.512. The summed E-state index contributed by atoms with van der Waals surface area (Å²) in [5.74, 6) is 1.87. The summed E-state index contributed by atoms with van der Waals surface area (Å²) in [6, 6.07) is 1.20. The number of hydrogen-bond acceptors (Lipinski definition) is 5. The van der Waals surface area contributed by atoms with Crippen LogP contribution in [-0.4, -0.2) is 60.5 Å². The summed E-state index contributed by atoms with van der Waals surface area (Å²) in [6.07, 6.45) is 1.09. The number of nitrogens with one attached hydrogen (secondary N) is 2. The van der Waals surface area contributed by atoms with Crippen LogP contribution in [0, 0.1) is 5.82 Å². The molecule has 20 heavy (non-hydrogen) atoms. The highest BCUT2D eigenvalue weighted by Crippen LogP contribution is 2.12. The van der Waals surface area contributed by atoms with E-state index in [0.717, 1.165) is 37.3 Å². The Morgan fingerprint density at radius 2 is 2.25 bits per heavy atom. The van der Waals surface area contributed by atoms with Crippen LogP contribution in [0.5, 0.6) is 0 Å². The molecular formula is C13H19FN4OS. The van der Waals surface area contributed by atoms with Crippen molar-refractivity contribution < 1.29 is 9.18 Å².